The second-order valence-electron chi connectivity index (χ2n) is 11.4. The topological polar surface area (TPSA) is 77.5 Å². The van der Waals surface area contributed by atoms with Crippen molar-refractivity contribution >= 4 is 33.3 Å². The number of likely N-dealkylation sites (tertiary alicyclic amines) is 1. The molecule has 4 heterocycles. The molecule has 6 rings (SSSR count). The molecule has 0 radical (unpaired) electrons. The number of aryl methyl sites for hydroxylation is 2. The number of rotatable bonds is 2. The number of aromatic nitrogens is 5. The summed E-state index contributed by atoms with van der Waals surface area (Å²) in [4.78, 5) is 20.1. The fourth-order valence-electron chi connectivity index (χ4n) is 5.68. The number of fused-ring (bicyclic) bond motifs is 2. The molecule has 3 aromatic heterocycles. The molecule has 2 aliphatic rings. The predicted octanol–water partition coefficient (Wildman–Crippen LogP) is 5.55. The van der Waals surface area contributed by atoms with Crippen molar-refractivity contribution in [2.45, 2.75) is 64.9 Å². The van der Waals surface area contributed by atoms with Crippen molar-refractivity contribution in [1.29, 1.82) is 0 Å². The van der Waals surface area contributed by atoms with Crippen LogP contribution in [0.5, 0.6) is 0 Å². The van der Waals surface area contributed by atoms with Crippen LogP contribution in [0.15, 0.2) is 24.5 Å². The molecule has 0 N–H and O–H groups in total. The van der Waals surface area contributed by atoms with Crippen LogP contribution >= 0.6 is 11.3 Å². The Hall–Kier alpha value is -2.94. The zero-order valence-electron chi connectivity index (χ0n) is 21.0. The number of ether oxygens (including phenoxy) is 1. The Labute approximate surface area is 208 Å². The number of carbonyl (C=O) groups is 1. The van der Waals surface area contributed by atoms with Gasteiger partial charge in [0.25, 0.3) is 0 Å². The average Bonchev–Trinajstić information content (AvgIpc) is 3.43. The van der Waals surface area contributed by atoms with Crippen molar-refractivity contribution in [3.05, 3.63) is 35.8 Å². The van der Waals surface area contributed by atoms with E-state index in [9.17, 15) is 4.79 Å². The third kappa shape index (κ3) is 4.09. The third-order valence-corrected chi connectivity index (χ3v) is 8.45. The maximum atomic E-state index is 12.4. The van der Waals surface area contributed by atoms with Crippen molar-refractivity contribution in [2.24, 2.45) is 12.5 Å². The van der Waals surface area contributed by atoms with Crippen LogP contribution in [0.2, 0.25) is 0 Å². The summed E-state index contributed by atoms with van der Waals surface area (Å²) in [6, 6.07) is 4.32. The van der Waals surface area contributed by atoms with Crippen molar-refractivity contribution in [1.82, 2.24) is 29.3 Å². The highest BCUT2D eigenvalue weighted by atomic mass is 32.1. The quantitative estimate of drug-likeness (QED) is 0.367. The van der Waals surface area contributed by atoms with Gasteiger partial charge in [0.1, 0.15) is 10.6 Å². The Morgan fingerprint density at radius 1 is 1.14 bits per heavy atom. The molecule has 0 bridgehead atoms. The van der Waals surface area contributed by atoms with Gasteiger partial charge >= 0.3 is 6.09 Å². The van der Waals surface area contributed by atoms with Crippen LogP contribution in [0.4, 0.5) is 4.79 Å². The first-order chi connectivity index (χ1) is 16.6. The lowest BCUT2D eigenvalue weighted by atomic mass is 9.57. The first kappa shape index (κ1) is 22.5. The molecule has 4 aromatic rings. The van der Waals surface area contributed by atoms with E-state index in [4.69, 9.17) is 14.8 Å². The molecular formula is C26H32N6O2S. The summed E-state index contributed by atoms with van der Waals surface area (Å²) in [7, 11) is 1.95. The maximum Gasteiger partial charge on any atom is 0.410 e. The minimum atomic E-state index is -0.444. The summed E-state index contributed by atoms with van der Waals surface area (Å²) in [5.41, 5.74) is 4.35. The lowest BCUT2D eigenvalue weighted by Crippen LogP contribution is -2.49. The Kier molecular flexibility index (Phi) is 5.01. The summed E-state index contributed by atoms with van der Waals surface area (Å²) < 4.78 is 9.34. The predicted molar refractivity (Wildman–Crippen MR) is 137 cm³/mol. The third-order valence-electron chi connectivity index (χ3n) is 7.48. The molecule has 1 aromatic carbocycles. The molecular weight excluding hydrogens is 460 g/mol. The highest BCUT2D eigenvalue weighted by Crippen LogP contribution is 2.56. The summed E-state index contributed by atoms with van der Waals surface area (Å²) in [6.45, 7) is 9.42. The number of nitrogens with zero attached hydrogens (tertiary/aromatic N) is 6. The van der Waals surface area contributed by atoms with Crippen LogP contribution in [0.3, 0.4) is 0 Å². The van der Waals surface area contributed by atoms with Gasteiger partial charge in [-0.05, 0) is 76.5 Å². The molecule has 9 heteroatoms. The number of hydrogen-bond acceptors (Lipinski definition) is 6. The number of amides is 1. The number of benzene rings is 1. The first-order valence-corrected chi connectivity index (χ1v) is 13.2. The molecule has 1 saturated carbocycles. The smallest absolute Gasteiger partial charge is 0.410 e. The van der Waals surface area contributed by atoms with Crippen LogP contribution < -0.4 is 0 Å². The number of piperidine rings is 1. The Balaban J connectivity index is 1.12. The van der Waals surface area contributed by atoms with Gasteiger partial charge in [0.15, 0.2) is 0 Å². The molecule has 0 unspecified atom stereocenters. The van der Waals surface area contributed by atoms with Crippen molar-refractivity contribution in [3.63, 3.8) is 0 Å². The largest absolute Gasteiger partial charge is 0.444 e. The summed E-state index contributed by atoms with van der Waals surface area (Å²) in [5.74, 6) is 0.481. The first-order valence-electron chi connectivity index (χ1n) is 12.4. The summed E-state index contributed by atoms with van der Waals surface area (Å²) in [5, 5.41) is 11.5. The minimum absolute atomic E-state index is 0.183. The second-order valence-corrected chi connectivity index (χ2v) is 12.4. The zero-order valence-corrected chi connectivity index (χ0v) is 21.9. The van der Waals surface area contributed by atoms with Gasteiger partial charge in [-0.2, -0.15) is 10.2 Å². The van der Waals surface area contributed by atoms with Gasteiger partial charge in [-0.1, -0.05) is 11.3 Å². The number of carbonyl (C=O) groups excluding carboxylic acids is 1. The van der Waals surface area contributed by atoms with Gasteiger partial charge in [0.05, 0.1) is 17.4 Å². The lowest BCUT2D eigenvalue weighted by Gasteiger charge is -2.51. The normalized spacial score (nSPS) is 18.5. The highest BCUT2D eigenvalue weighted by molar-refractivity contribution is 7.19. The van der Waals surface area contributed by atoms with E-state index in [0.29, 0.717) is 11.3 Å². The van der Waals surface area contributed by atoms with E-state index in [1.807, 2.05) is 48.1 Å². The van der Waals surface area contributed by atoms with Gasteiger partial charge in [-0.25, -0.2) is 14.3 Å². The molecule has 1 saturated heterocycles. The van der Waals surface area contributed by atoms with E-state index in [-0.39, 0.29) is 6.09 Å². The van der Waals surface area contributed by atoms with E-state index in [0.717, 1.165) is 76.5 Å². The fourth-order valence-corrected chi connectivity index (χ4v) is 6.55. The standard InChI is InChI=1S/C26H32N6O2S/c1-16-10-17(11-18-14-30(5)28-21(16)18)22-29-32-15-20(27-23(32)35-22)19-12-26(13-19)6-8-31(9-7-26)24(33)34-25(2,3)4/h10-11,14-15,19H,6-9,12-13H2,1-5H3. The van der Waals surface area contributed by atoms with Gasteiger partial charge in [-0.15, -0.1) is 0 Å². The Morgan fingerprint density at radius 3 is 2.57 bits per heavy atom. The minimum Gasteiger partial charge on any atom is -0.444 e. The molecule has 1 amide bonds. The fraction of sp³-hybridized carbons (Fsp3) is 0.538. The molecule has 0 atom stereocenters. The van der Waals surface area contributed by atoms with Crippen LogP contribution in [0, 0.1) is 12.3 Å². The SMILES string of the molecule is Cc1cc(-c2nn3cc(C4CC5(CCN(C(=O)OC(C)(C)C)CC5)C4)nc3s2)cc2cn(C)nc12. The van der Waals surface area contributed by atoms with Gasteiger partial charge in [0.2, 0.25) is 4.96 Å². The molecule has 1 aliphatic heterocycles. The second kappa shape index (κ2) is 7.78. The Bertz CT molecular complexity index is 1390. The highest BCUT2D eigenvalue weighted by Gasteiger charge is 2.48. The molecule has 1 aliphatic carbocycles. The molecule has 35 heavy (non-hydrogen) atoms. The maximum absolute atomic E-state index is 12.4. The van der Waals surface area contributed by atoms with E-state index in [1.54, 1.807) is 11.3 Å². The zero-order chi connectivity index (χ0) is 24.5. The van der Waals surface area contributed by atoms with Crippen LogP contribution in [0.25, 0.3) is 26.4 Å². The summed E-state index contributed by atoms with van der Waals surface area (Å²) in [6.07, 6.45) is 8.35. The monoisotopic (exact) mass is 492 g/mol. The molecule has 184 valence electrons. The van der Waals surface area contributed by atoms with Gasteiger partial charge in [-0.3, -0.25) is 4.68 Å². The van der Waals surface area contributed by atoms with Crippen molar-refractivity contribution in [2.75, 3.05) is 13.1 Å². The average molecular weight is 493 g/mol. The molecule has 2 fully saturated rings. The van der Waals surface area contributed by atoms with Crippen LogP contribution in [0.1, 0.15) is 63.6 Å². The van der Waals surface area contributed by atoms with Crippen LogP contribution in [-0.2, 0) is 11.8 Å². The van der Waals surface area contributed by atoms with Gasteiger partial charge < -0.3 is 9.64 Å². The molecule has 1 spiro atoms. The summed E-state index contributed by atoms with van der Waals surface area (Å²) >= 11 is 1.64. The van der Waals surface area contributed by atoms with Crippen molar-refractivity contribution < 1.29 is 9.53 Å². The van der Waals surface area contributed by atoms with Gasteiger partial charge in [0, 0.05) is 43.2 Å². The Morgan fingerprint density at radius 2 is 1.89 bits per heavy atom. The van der Waals surface area contributed by atoms with E-state index >= 15 is 0 Å². The van der Waals surface area contributed by atoms with E-state index in [1.165, 1.54) is 0 Å². The van der Waals surface area contributed by atoms with Crippen molar-refractivity contribution in [3.8, 4) is 10.6 Å². The number of imidazole rings is 1. The molecule has 8 nitrogen and oxygen atoms in total. The number of hydrogen-bond donors (Lipinski definition) is 0. The van der Waals surface area contributed by atoms with E-state index < -0.39 is 5.60 Å². The lowest BCUT2D eigenvalue weighted by molar-refractivity contribution is -0.0125. The van der Waals surface area contributed by atoms with E-state index in [2.05, 4.69) is 30.4 Å². The van der Waals surface area contributed by atoms with Crippen LogP contribution in [-0.4, -0.2) is 54.1 Å².